The van der Waals surface area contributed by atoms with Gasteiger partial charge in [0.15, 0.2) is 0 Å². The molecule has 0 aliphatic carbocycles. The first-order valence-electron chi connectivity index (χ1n) is 40.4. The van der Waals surface area contributed by atoms with Gasteiger partial charge in [-0.2, -0.15) is 25.3 Å². The van der Waals surface area contributed by atoms with Gasteiger partial charge >= 0.3 is 0 Å². The maximum absolute atomic E-state index is 15.6. The van der Waals surface area contributed by atoms with Crippen LogP contribution < -0.4 is 103 Å². The maximum Gasteiger partial charge on any atom is 0.245 e. The molecule has 0 aliphatic heterocycles. The normalized spacial score (nSPS) is 14.4. The summed E-state index contributed by atoms with van der Waals surface area (Å²) >= 11 is 9.20. The van der Waals surface area contributed by atoms with Gasteiger partial charge in [0, 0.05) is 98.6 Å². The number of amides is 17. The number of carbonyl (C=O) groups excluding carboxylic acids is 17. The number of para-hydroxylation sites is 1. The van der Waals surface area contributed by atoms with Crippen LogP contribution in [0, 0.1) is 5.92 Å². The van der Waals surface area contributed by atoms with Crippen LogP contribution in [0.15, 0.2) is 97.2 Å². The van der Waals surface area contributed by atoms with E-state index in [1.165, 1.54) is 34.6 Å². The van der Waals surface area contributed by atoms with Crippen molar-refractivity contribution in [3.63, 3.8) is 0 Å². The Morgan fingerprint density at radius 1 is 0.431 bits per heavy atom. The number of aliphatic hydroxyl groups excluding tert-OH is 1. The van der Waals surface area contributed by atoms with Crippen molar-refractivity contribution in [2.24, 2.45) is 34.6 Å². The summed E-state index contributed by atoms with van der Waals surface area (Å²) in [6, 6.07) is 7.80. The number of carbonyl (C=O) groups is 17. The number of aromatic nitrogens is 1. The van der Waals surface area contributed by atoms with E-state index in [0.717, 1.165) is 24.6 Å². The molecule has 5 aromatic rings. The quantitative estimate of drug-likeness (QED) is 0.0148. The smallest absolute Gasteiger partial charge is 0.245 e. The molecule has 0 radical (unpaired) electrons. The molecule has 0 saturated heterocycles. The molecule has 40 heteroatoms. The summed E-state index contributed by atoms with van der Waals surface area (Å²) in [7, 11) is 0. The third-order valence-electron chi connectivity index (χ3n) is 19.6. The monoisotopic (exact) mass is 1750 g/mol. The zero-order valence-corrected chi connectivity index (χ0v) is 72.3. The highest BCUT2D eigenvalue weighted by Gasteiger charge is 2.42. The molecule has 0 saturated carbocycles. The molecule has 25 N–H and O–H groups in total. The predicted molar refractivity (Wildman–Crippen MR) is 463 cm³/mol. The Hall–Kier alpha value is -11.9. The van der Waals surface area contributed by atoms with E-state index in [1.54, 1.807) is 79.0 Å². The van der Waals surface area contributed by atoms with Gasteiger partial charge in [0.2, 0.25) is 100 Å². The number of thiol groups is 2. The lowest BCUT2D eigenvalue weighted by Crippen LogP contribution is -2.64. The van der Waals surface area contributed by atoms with Crippen molar-refractivity contribution in [3.05, 3.63) is 114 Å². The molecular weight excluding hydrogens is 1630 g/mol. The van der Waals surface area contributed by atoms with Crippen LogP contribution in [-0.4, -0.2) is 219 Å². The van der Waals surface area contributed by atoms with E-state index >= 15 is 24.0 Å². The number of benzene rings is 4. The molecule has 4 aromatic carbocycles. The number of rotatable bonds is 53. The van der Waals surface area contributed by atoms with E-state index in [-0.39, 0.29) is 83.0 Å². The second kappa shape index (κ2) is 49.3. The average Bonchev–Trinajstić information content (AvgIpc) is 1.13. The van der Waals surface area contributed by atoms with Gasteiger partial charge in [-0.15, -0.1) is 0 Å². The average molecular weight is 1750 g/mol. The molecule has 0 unspecified atom stereocenters. The molecule has 12 atom stereocenters. The van der Waals surface area contributed by atoms with Gasteiger partial charge in [0.1, 0.15) is 78.8 Å². The van der Waals surface area contributed by atoms with Crippen molar-refractivity contribution in [1.82, 2.24) is 74.1 Å². The number of aromatic amines is 1. The highest BCUT2D eigenvalue weighted by molar-refractivity contribution is 7.82. The maximum atomic E-state index is 15.6. The lowest BCUT2D eigenvalue weighted by molar-refractivity contribution is -0.137. The largest absolute Gasteiger partial charge is 0.492 e. The fourth-order valence-corrected chi connectivity index (χ4v) is 13.3. The number of hydrogen-bond donors (Lipinski definition) is 22. The molecule has 0 fully saturated rings. The number of ether oxygens (including phenoxy) is 1. The Kier molecular flexibility index (Phi) is 40.7. The minimum Gasteiger partial charge on any atom is -0.492 e. The van der Waals surface area contributed by atoms with Crippen LogP contribution in [-0.2, 0) is 101 Å². The zero-order valence-electron chi connectivity index (χ0n) is 70.5. The van der Waals surface area contributed by atoms with Gasteiger partial charge in [-0.25, -0.2) is 0 Å². The standard InChI is InChI=1S/C83H119N19O19S2/c1-44(2)21-28-57(73(112)93-56(20-14-15-35-89-46(4)104)72(111)98-63(42-67(88)109)71(110)90-36-33-66(87)108)94-76(115)61(40-49-22-25-50-16-10-11-17-51(50)38-49)97-77(116)60(39-48-23-26-53(27-24-48)121-37-34-84)100-81(120)70(83(8,9)123)102-75(114)59(30-32-65(86)107)95-78(117)62(41-52-43-91-55-19-13-12-18-54(52)55)99-79(118)68(45(3)103)101-74(113)58(29-31-64(85)106)96-80(119)69(82(6,7)122)92-47(5)105/h10-13,16-19,22-27,38,43-45,56-63,68-70,91,103,122-123H,14-15,20-21,28-37,39-42,84H2,1-9H3,(H2,85,106)(H2,86,107)(H2,87,108)(H2,88,109)(H,89,104)(H,90,110)(H,92,105)(H,93,112)(H,94,115)(H,95,117)(H,96,119)(H,97,116)(H,98,111)(H,99,118)(H,100,120)(H,101,113)(H,102,114)/t45-,56+,57+,58+,59+,60+,61+,62+,63+,68+,69-,70-/m1/s1. The molecule has 38 nitrogen and oxygen atoms in total. The van der Waals surface area contributed by atoms with Crippen LogP contribution in [0.25, 0.3) is 21.7 Å². The number of hydrogen-bond acceptors (Lipinski definition) is 22. The number of fused-ring (bicyclic) bond motifs is 2. The molecule has 0 aliphatic rings. The topological polar surface area (TPSA) is 622 Å². The van der Waals surface area contributed by atoms with E-state index in [4.69, 9.17) is 46.0 Å². The molecule has 5 rings (SSSR count). The summed E-state index contributed by atoms with van der Waals surface area (Å²) in [5, 5.41) is 47.0. The SMILES string of the molecule is CC(=O)NCCCC[C@H](NC(=O)[C@H](CCC(C)C)NC(=O)[C@H](Cc1ccc2ccccc2c1)NC(=O)[C@H](Cc1ccc(OCCN)cc1)NC(=O)[C@@H](NC(=O)[C@H](CCC(N)=O)NC(=O)[C@H](Cc1c[nH]c2ccccc12)NC(=O)[C@@H](NC(=O)[C@H](CCC(N)=O)NC(=O)[C@@H](NC(C)=O)C(C)(C)S)[C@@H](C)O)C(C)(C)S)C(=O)N[C@@H](CC(N)=O)C(=O)NCCC(N)=O. The van der Waals surface area contributed by atoms with E-state index in [9.17, 15) is 62.6 Å². The molecule has 1 aromatic heterocycles. The first-order valence-corrected chi connectivity index (χ1v) is 41.3. The third-order valence-corrected chi connectivity index (χ3v) is 20.1. The Balaban J connectivity index is 1.56. The van der Waals surface area contributed by atoms with Gasteiger partial charge in [0.05, 0.1) is 12.5 Å². The van der Waals surface area contributed by atoms with Crippen molar-refractivity contribution in [1.29, 1.82) is 0 Å². The van der Waals surface area contributed by atoms with Crippen LogP contribution in [0.3, 0.4) is 0 Å². The van der Waals surface area contributed by atoms with E-state index in [0.29, 0.717) is 46.2 Å². The number of aliphatic hydroxyl groups is 1. The number of unbranched alkanes of at least 4 members (excludes halogenated alkanes) is 1. The van der Waals surface area contributed by atoms with Crippen molar-refractivity contribution in [2.45, 2.75) is 234 Å². The minimum absolute atomic E-state index is 0.0544. The fraction of sp³-hybridized carbons (Fsp3) is 0.506. The minimum atomic E-state index is -1.93. The van der Waals surface area contributed by atoms with Crippen LogP contribution >= 0.6 is 25.3 Å². The van der Waals surface area contributed by atoms with E-state index in [2.05, 4.69) is 86.7 Å². The number of nitrogens with one attached hydrogen (secondary N) is 14. The highest BCUT2D eigenvalue weighted by Crippen LogP contribution is 2.25. The summed E-state index contributed by atoms with van der Waals surface area (Å²) in [5.41, 5.74) is 29.5. The second-order valence-electron chi connectivity index (χ2n) is 31.7. The summed E-state index contributed by atoms with van der Waals surface area (Å²) in [6.07, 6.45) is -3.56. The molecule has 123 heavy (non-hydrogen) atoms. The summed E-state index contributed by atoms with van der Waals surface area (Å²) in [4.78, 5) is 238. The van der Waals surface area contributed by atoms with Crippen molar-refractivity contribution in [3.8, 4) is 5.75 Å². The first kappa shape index (κ1) is 102. The fourth-order valence-electron chi connectivity index (χ4n) is 13.0. The highest BCUT2D eigenvalue weighted by atomic mass is 32.1. The summed E-state index contributed by atoms with van der Waals surface area (Å²) in [5.74, 6) is -15.5. The molecule has 0 spiro atoms. The van der Waals surface area contributed by atoms with Crippen molar-refractivity contribution < 1.29 is 91.4 Å². The van der Waals surface area contributed by atoms with Gasteiger partial charge < -0.3 is 113 Å². The van der Waals surface area contributed by atoms with Crippen LogP contribution in [0.2, 0.25) is 0 Å². The predicted octanol–water partition coefficient (Wildman–Crippen LogP) is -2.02. The molecule has 0 bridgehead atoms. The third kappa shape index (κ3) is 35.2. The van der Waals surface area contributed by atoms with Gasteiger partial charge in [-0.05, 0) is 131 Å². The summed E-state index contributed by atoms with van der Waals surface area (Å²) < 4.78 is 2.89. The summed E-state index contributed by atoms with van der Waals surface area (Å²) in [6.45, 7) is 13.4. The Labute approximate surface area is 723 Å². The van der Waals surface area contributed by atoms with Gasteiger partial charge in [0.25, 0.3) is 0 Å². The van der Waals surface area contributed by atoms with Gasteiger partial charge in [-0.3, -0.25) is 81.5 Å². The Bertz CT molecular complexity index is 4550. The molecule has 17 amide bonds. The van der Waals surface area contributed by atoms with Crippen molar-refractivity contribution in [2.75, 3.05) is 26.2 Å². The van der Waals surface area contributed by atoms with Crippen LogP contribution in [0.1, 0.15) is 150 Å². The second-order valence-corrected chi connectivity index (χ2v) is 34.0. The molecule has 672 valence electrons. The zero-order chi connectivity index (χ0) is 91.6. The molecular formula is C83H119N19O19S2. The first-order chi connectivity index (χ1) is 57.8. The number of primary amides is 4. The number of nitrogens with two attached hydrogens (primary N) is 5. The lowest BCUT2D eigenvalue weighted by Gasteiger charge is -2.33. The van der Waals surface area contributed by atoms with E-state index < -0.39 is 209 Å². The van der Waals surface area contributed by atoms with Crippen LogP contribution in [0.4, 0.5) is 0 Å². The van der Waals surface area contributed by atoms with Crippen molar-refractivity contribution >= 4 is 147 Å². The van der Waals surface area contributed by atoms with Gasteiger partial charge in [-0.1, -0.05) is 86.6 Å². The lowest BCUT2D eigenvalue weighted by atomic mass is 9.97. The number of H-pyrrole nitrogens is 1. The Morgan fingerprint density at radius 2 is 0.886 bits per heavy atom. The van der Waals surface area contributed by atoms with Crippen LogP contribution in [0.5, 0.6) is 5.75 Å². The van der Waals surface area contributed by atoms with E-state index in [1.807, 2.05) is 32.0 Å². The Morgan fingerprint density at radius 3 is 1.41 bits per heavy atom. The molecule has 1 heterocycles.